The summed E-state index contributed by atoms with van der Waals surface area (Å²) in [5.41, 5.74) is 0.263. The third-order valence-corrected chi connectivity index (χ3v) is 4.48. The number of aromatic nitrogens is 1. The van der Waals surface area contributed by atoms with Gasteiger partial charge in [0.1, 0.15) is 17.2 Å². The summed E-state index contributed by atoms with van der Waals surface area (Å²) in [4.78, 5) is 30.0. The summed E-state index contributed by atoms with van der Waals surface area (Å²) in [5.74, 6) is -2.65. The standard InChI is InChI=1S/C15H13F2N3O2S/c1-8(21)18-15-19-11-5-6-20(7-12(11)23-15)14(22)13-9(16)3-2-4-10(13)17/h2-4H,5-7H2,1H3,(H,18,19,21). The van der Waals surface area contributed by atoms with Crippen LogP contribution < -0.4 is 5.32 Å². The number of fused-ring (bicyclic) bond motifs is 1. The third-order valence-electron chi connectivity index (χ3n) is 3.48. The zero-order valence-electron chi connectivity index (χ0n) is 12.2. The zero-order chi connectivity index (χ0) is 16.6. The molecule has 1 aliphatic rings. The quantitative estimate of drug-likeness (QED) is 0.916. The summed E-state index contributed by atoms with van der Waals surface area (Å²) in [6.07, 6.45) is 0.479. The van der Waals surface area contributed by atoms with E-state index in [2.05, 4.69) is 10.3 Å². The number of benzene rings is 1. The first-order valence-electron chi connectivity index (χ1n) is 6.95. The van der Waals surface area contributed by atoms with Crippen molar-refractivity contribution in [3.05, 3.63) is 46.0 Å². The number of carbonyl (C=O) groups excluding carboxylic acids is 2. The average Bonchev–Trinajstić information content (AvgIpc) is 2.87. The maximum Gasteiger partial charge on any atom is 0.260 e. The van der Waals surface area contributed by atoms with E-state index in [1.54, 1.807) is 0 Å². The first kappa shape index (κ1) is 15.5. The maximum absolute atomic E-state index is 13.8. The third kappa shape index (κ3) is 3.07. The average molecular weight is 337 g/mol. The van der Waals surface area contributed by atoms with Crippen molar-refractivity contribution in [1.29, 1.82) is 0 Å². The highest BCUT2D eigenvalue weighted by Gasteiger charge is 2.28. The van der Waals surface area contributed by atoms with Gasteiger partial charge in [-0.05, 0) is 12.1 Å². The molecule has 0 radical (unpaired) electrons. The summed E-state index contributed by atoms with van der Waals surface area (Å²) in [6.45, 7) is 1.93. The molecule has 0 bridgehead atoms. The molecule has 8 heteroatoms. The van der Waals surface area contributed by atoms with Crippen molar-refractivity contribution in [3.63, 3.8) is 0 Å². The summed E-state index contributed by atoms with van der Waals surface area (Å²) in [7, 11) is 0. The molecule has 0 aliphatic carbocycles. The van der Waals surface area contributed by atoms with Crippen molar-refractivity contribution in [2.75, 3.05) is 11.9 Å². The van der Waals surface area contributed by atoms with E-state index in [1.165, 1.54) is 29.2 Å². The lowest BCUT2D eigenvalue weighted by Gasteiger charge is -2.26. The Morgan fingerprint density at radius 3 is 2.65 bits per heavy atom. The number of hydrogen-bond acceptors (Lipinski definition) is 4. The van der Waals surface area contributed by atoms with Gasteiger partial charge in [-0.2, -0.15) is 0 Å². The second-order valence-electron chi connectivity index (χ2n) is 5.14. The van der Waals surface area contributed by atoms with Gasteiger partial charge in [0.15, 0.2) is 5.13 Å². The minimum Gasteiger partial charge on any atom is -0.333 e. The smallest absolute Gasteiger partial charge is 0.260 e. The van der Waals surface area contributed by atoms with E-state index in [0.717, 1.165) is 22.7 Å². The molecule has 1 N–H and O–H groups in total. The number of nitrogens with one attached hydrogen (secondary N) is 1. The van der Waals surface area contributed by atoms with Crippen LogP contribution in [0.5, 0.6) is 0 Å². The number of amides is 2. The molecular weight excluding hydrogens is 324 g/mol. The van der Waals surface area contributed by atoms with Crippen LogP contribution in [0.15, 0.2) is 18.2 Å². The second-order valence-corrected chi connectivity index (χ2v) is 6.23. The van der Waals surface area contributed by atoms with Gasteiger partial charge in [-0.25, -0.2) is 13.8 Å². The lowest BCUT2D eigenvalue weighted by molar-refractivity contribution is -0.114. The van der Waals surface area contributed by atoms with Gasteiger partial charge >= 0.3 is 0 Å². The molecule has 3 rings (SSSR count). The normalized spacial score (nSPS) is 13.6. The van der Waals surface area contributed by atoms with Crippen LogP contribution in [-0.4, -0.2) is 28.2 Å². The Morgan fingerprint density at radius 2 is 2.00 bits per heavy atom. The van der Waals surface area contributed by atoms with Crippen molar-refractivity contribution < 1.29 is 18.4 Å². The van der Waals surface area contributed by atoms with Crippen molar-refractivity contribution in [3.8, 4) is 0 Å². The Labute approximate surface area is 134 Å². The Kier molecular flexibility index (Phi) is 4.08. The zero-order valence-corrected chi connectivity index (χ0v) is 13.0. The van der Waals surface area contributed by atoms with E-state index in [1.807, 2.05) is 0 Å². The van der Waals surface area contributed by atoms with Gasteiger partial charge in [0.2, 0.25) is 5.91 Å². The highest BCUT2D eigenvalue weighted by atomic mass is 32.1. The lowest BCUT2D eigenvalue weighted by Crippen LogP contribution is -2.36. The van der Waals surface area contributed by atoms with Crippen LogP contribution in [0.4, 0.5) is 13.9 Å². The van der Waals surface area contributed by atoms with E-state index in [9.17, 15) is 18.4 Å². The van der Waals surface area contributed by atoms with E-state index in [0.29, 0.717) is 18.1 Å². The molecule has 0 unspecified atom stereocenters. The van der Waals surface area contributed by atoms with Crippen molar-refractivity contribution in [2.45, 2.75) is 19.9 Å². The van der Waals surface area contributed by atoms with E-state index in [-0.39, 0.29) is 12.5 Å². The van der Waals surface area contributed by atoms with Crippen LogP contribution in [0.2, 0.25) is 0 Å². The highest BCUT2D eigenvalue weighted by molar-refractivity contribution is 7.15. The van der Waals surface area contributed by atoms with Crippen molar-refractivity contribution >= 4 is 28.3 Å². The van der Waals surface area contributed by atoms with E-state index in [4.69, 9.17) is 0 Å². The number of halogens is 2. The molecule has 5 nitrogen and oxygen atoms in total. The monoisotopic (exact) mass is 337 g/mol. The van der Waals surface area contributed by atoms with Crippen LogP contribution in [-0.2, 0) is 17.8 Å². The molecule has 120 valence electrons. The van der Waals surface area contributed by atoms with Crippen LogP contribution in [0.1, 0.15) is 27.9 Å². The topological polar surface area (TPSA) is 62.3 Å². The summed E-state index contributed by atoms with van der Waals surface area (Å²) in [6, 6.07) is 3.35. The molecule has 2 aromatic rings. The number of carbonyl (C=O) groups is 2. The largest absolute Gasteiger partial charge is 0.333 e. The van der Waals surface area contributed by atoms with Gasteiger partial charge in [0.25, 0.3) is 5.91 Å². The summed E-state index contributed by atoms with van der Waals surface area (Å²) in [5, 5.41) is 3.07. The molecule has 2 amide bonds. The van der Waals surface area contributed by atoms with Crippen LogP contribution in [0, 0.1) is 11.6 Å². The molecule has 0 saturated carbocycles. The number of thiazole rings is 1. The molecule has 1 aromatic carbocycles. The molecule has 2 heterocycles. The van der Waals surface area contributed by atoms with Gasteiger partial charge < -0.3 is 10.2 Å². The predicted molar refractivity (Wildman–Crippen MR) is 81.2 cm³/mol. The summed E-state index contributed by atoms with van der Waals surface area (Å²) < 4.78 is 27.5. The Balaban J connectivity index is 1.83. The van der Waals surface area contributed by atoms with Crippen LogP contribution in [0.25, 0.3) is 0 Å². The second kappa shape index (κ2) is 6.04. The predicted octanol–water partition coefficient (Wildman–Crippen LogP) is 2.58. The minimum atomic E-state index is -0.871. The molecule has 0 fully saturated rings. The van der Waals surface area contributed by atoms with Gasteiger partial charge in [-0.15, -0.1) is 0 Å². The molecule has 0 atom stereocenters. The summed E-state index contributed by atoms with van der Waals surface area (Å²) >= 11 is 1.26. The van der Waals surface area contributed by atoms with Gasteiger partial charge in [-0.1, -0.05) is 17.4 Å². The highest BCUT2D eigenvalue weighted by Crippen LogP contribution is 2.29. The molecule has 0 spiro atoms. The molecule has 1 aliphatic heterocycles. The fourth-order valence-corrected chi connectivity index (χ4v) is 3.50. The van der Waals surface area contributed by atoms with E-state index >= 15 is 0 Å². The SMILES string of the molecule is CC(=O)Nc1nc2c(s1)CN(C(=O)c1c(F)cccc1F)CC2. The van der Waals surface area contributed by atoms with Gasteiger partial charge in [0.05, 0.1) is 12.2 Å². The Morgan fingerprint density at radius 1 is 1.30 bits per heavy atom. The fraction of sp³-hybridized carbons (Fsp3) is 0.267. The number of rotatable bonds is 2. The molecule has 0 saturated heterocycles. The van der Waals surface area contributed by atoms with E-state index < -0.39 is 23.1 Å². The maximum atomic E-state index is 13.8. The van der Waals surface area contributed by atoms with Crippen molar-refractivity contribution in [2.24, 2.45) is 0 Å². The van der Waals surface area contributed by atoms with Gasteiger partial charge in [0, 0.05) is 24.8 Å². The van der Waals surface area contributed by atoms with Gasteiger partial charge in [-0.3, -0.25) is 9.59 Å². The van der Waals surface area contributed by atoms with Crippen molar-refractivity contribution in [1.82, 2.24) is 9.88 Å². The molecule has 1 aromatic heterocycles. The number of hydrogen-bond donors (Lipinski definition) is 1. The fourth-order valence-electron chi connectivity index (χ4n) is 2.43. The minimum absolute atomic E-state index is 0.221. The Hall–Kier alpha value is -2.35. The number of anilines is 1. The molecular formula is C15H13F2N3O2S. The van der Waals surface area contributed by atoms with Crippen LogP contribution in [0.3, 0.4) is 0 Å². The molecule has 23 heavy (non-hydrogen) atoms. The first-order chi connectivity index (χ1) is 11.0. The Bertz CT molecular complexity index is 771. The van der Waals surface area contributed by atoms with Crippen LogP contribution >= 0.6 is 11.3 Å². The number of nitrogens with zero attached hydrogens (tertiary/aromatic N) is 2. The first-order valence-corrected chi connectivity index (χ1v) is 7.77. The lowest BCUT2D eigenvalue weighted by atomic mass is 10.1.